The molecule has 0 fully saturated rings. The van der Waals surface area contributed by atoms with Gasteiger partial charge in [0.05, 0.1) is 6.61 Å². The first-order valence-corrected chi connectivity index (χ1v) is 7.01. The topological polar surface area (TPSA) is 28.1 Å². The van der Waals surface area contributed by atoms with Gasteiger partial charge < -0.3 is 14.5 Å². The summed E-state index contributed by atoms with van der Waals surface area (Å²) >= 11 is 0. The van der Waals surface area contributed by atoms with Crippen LogP contribution >= 0.6 is 24.0 Å². The second-order valence-corrected chi connectivity index (χ2v) is 5.39. The largest absolute Gasteiger partial charge is 0.493 e. The van der Waals surface area contributed by atoms with Gasteiger partial charge in [0.2, 0.25) is 0 Å². The van der Waals surface area contributed by atoms with Crippen molar-refractivity contribution in [2.75, 3.05) is 41.3 Å². The summed E-state index contributed by atoms with van der Waals surface area (Å²) in [5, 5.41) is 0. The highest BCUT2D eigenvalue weighted by Crippen LogP contribution is 2.22. The van der Waals surface area contributed by atoms with Gasteiger partial charge in [-0.15, -0.1) is 24.0 Å². The van der Waals surface area contributed by atoms with E-state index in [9.17, 15) is 0 Å². The number of aliphatic imine (C=N–C) groups is 1. The third kappa shape index (κ3) is 6.54. The molecule has 0 amide bonds. The highest BCUT2D eigenvalue weighted by Gasteiger charge is 2.04. The standard InChI is InChI=1S/C16H27N3O.HI/c1-13-9-7-10-14(2)15(13)20-12-8-11-17-16(18(3)4)19(5)6;/h7,9-10H,8,11-12H2,1-6H3;1H. The Bertz CT molecular complexity index is 429. The summed E-state index contributed by atoms with van der Waals surface area (Å²) in [5.74, 6) is 1.99. The van der Waals surface area contributed by atoms with Gasteiger partial charge in [-0.25, -0.2) is 0 Å². The fourth-order valence-electron chi connectivity index (χ4n) is 2.13. The highest BCUT2D eigenvalue weighted by molar-refractivity contribution is 14.0. The van der Waals surface area contributed by atoms with Crippen molar-refractivity contribution in [3.63, 3.8) is 0 Å². The van der Waals surface area contributed by atoms with Crippen molar-refractivity contribution >= 4 is 29.9 Å². The lowest BCUT2D eigenvalue weighted by atomic mass is 10.1. The van der Waals surface area contributed by atoms with E-state index in [1.165, 1.54) is 11.1 Å². The van der Waals surface area contributed by atoms with Gasteiger partial charge in [0, 0.05) is 41.2 Å². The van der Waals surface area contributed by atoms with E-state index in [0.717, 1.165) is 24.7 Å². The van der Waals surface area contributed by atoms with Gasteiger partial charge in [-0.05, 0) is 25.0 Å². The van der Waals surface area contributed by atoms with Crippen molar-refractivity contribution in [1.29, 1.82) is 0 Å². The van der Waals surface area contributed by atoms with Crippen LogP contribution in [0.5, 0.6) is 5.75 Å². The number of hydrogen-bond acceptors (Lipinski definition) is 2. The van der Waals surface area contributed by atoms with Gasteiger partial charge in [-0.1, -0.05) is 18.2 Å². The summed E-state index contributed by atoms with van der Waals surface area (Å²) in [5.41, 5.74) is 2.38. The molecular formula is C16H28IN3O. The van der Waals surface area contributed by atoms with Crippen molar-refractivity contribution in [2.45, 2.75) is 20.3 Å². The summed E-state index contributed by atoms with van der Waals surface area (Å²) in [6, 6.07) is 6.22. The van der Waals surface area contributed by atoms with Gasteiger partial charge >= 0.3 is 0 Å². The van der Waals surface area contributed by atoms with Gasteiger partial charge in [0.15, 0.2) is 5.96 Å². The maximum atomic E-state index is 5.87. The average Bonchev–Trinajstić information content (AvgIpc) is 2.35. The number of hydrogen-bond donors (Lipinski definition) is 0. The first kappa shape index (κ1) is 20.0. The molecule has 0 spiro atoms. The Morgan fingerprint density at radius 2 is 1.57 bits per heavy atom. The van der Waals surface area contributed by atoms with Crippen LogP contribution in [0.3, 0.4) is 0 Å². The Kier molecular flexibility index (Phi) is 9.41. The molecule has 0 aliphatic rings. The quantitative estimate of drug-likeness (QED) is 0.326. The lowest BCUT2D eigenvalue weighted by molar-refractivity contribution is 0.309. The van der Waals surface area contributed by atoms with E-state index >= 15 is 0 Å². The Morgan fingerprint density at radius 1 is 1.05 bits per heavy atom. The molecular weight excluding hydrogens is 377 g/mol. The molecule has 1 rings (SSSR count). The zero-order chi connectivity index (χ0) is 15.1. The van der Waals surface area contributed by atoms with Crippen molar-refractivity contribution < 1.29 is 4.74 Å². The Balaban J connectivity index is 0.00000400. The minimum Gasteiger partial charge on any atom is -0.493 e. The smallest absolute Gasteiger partial charge is 0.195 e. The van der Waals surface area contributed by atoms with Crippen LogP contribution in [0.2, 0.25) is 0 Å². The third-order valence-electron chi connectivity index (χ3n) is 3.01. The fourth-order valence-corrected chi connectivity index (χ4v) is 2.13. The Morgan fingerprint density at radius 3 is 2.05 bits per heavy atom. The summed E-state index contributed by atoms with van der Waals surface area (Å²) < 4.78 is 5.87. The molecule has 0 saturated carbocycles. The minimum absolute atomic E-state index is 0. The van der Waals surface area contributed by atoms with Crippen LogP contribution in [0.4, 0.5) is 0 Å². The first-order chi connectivity index (χ1) is 9.43. The van der Waals surface area contributed by atoms with E-state index in [1.54, 1.807) is 0 Å². The van der Waals surface area contributed by atoms with Crippen LogP contribution in [0, 0.1) is 13.8 Å². The van der Waals surface area contributed by atoms with E-state index in [2.05, 4.69) is 37.0 Å². The van der Waals surface area contributed by atoms with Crippen LogP contribution in [-0.4, -0.2) is 57.1 Å². The maximum absolute atomic E-state index is 5.87. The van der Waals surface area contributed by atoms with Crippen molar-refractivity contribution in [3.05, 3.63) is 29.3 Å². The number of ether oxygens (including phenoxy) is 1. The predicted octanol–water partition coefficient (Wildman–Crippen LogP) is 3.17. The Hall–Kier alpha value is -0.980. The lowest BCUT2D eigenvalue weighted by Crippen LogP contribution is -2.35. The molecule has 21 heavy (non-hydrogen) atoms. The van der Waals surface area contributed by atoms with E-state index in [-0.39, 0.29) is 24.0 Å². The van der Waals surface area contributed by atoms with Crippen LogP contribution < -0.4 is 4.74 Å². The summed E-state index contributed by atoms with van der Waals surface area (Å²) in [6.07, 6.45) is 0.916. The van der Waals surface area contributed by atoms with Crippen molar-refractivity contribution in [3.8, 4) is 5.75 Å². The number of halogens is 1. The van der Waals surface area contributed by atoms with Crippen molar-refractivity contribution in [1.82, 2.24) is 9.80 Å². The second-order valence-electron chi connectivity index (χ2n) is 5.39. The van der Waals surface area contributed by atoms with E-state index in [4.69, 9.17) is 4.74 Å². The summed E-state index contributed by atoms with van der Waals surface area (Å²) in [7, 11) is 8.02. The number of benzene rings is 1. The molecule has 0 aromatic heterocycles. The van der Waals surface area contributed by atoms with E-state index in [1.807, 2.05) is 38.0 Å². The van der Waals surface area contributed by atoms with Gasteiger partial charge in [0.25, 0.3) is 0 Å². The predicted molar refractivity (Wildman–Crippen MR) is 101 cm³/mol. The average molecular weight is 405 g/mol. The van der Waals surface area contributed by atoms with Gasteiger partial charge in [-0.2, -0.15) is 0 Å². The molecule has 0 unspecified atom stereocenters. The molecule has 120 valence electrons. The molecule has 0 radical (unpaired) electrons. The van der Waals surface area contributed by atoms with Crippen LogP contribution in [0.25, 0.3) is 0 Å². The molecule has 4 nitrogen and oxygen atoms in total. The first-order valence-electron chi connectivity index (χ1n) is 7.01. The van der Waals surface area contributed by atoms with Crippen molar-refractivity contribution in [2.24, 2.45) is 4.99 Å². The molecule has 0 atom stereocenters. The molecule has 5 heteroatoms. The normalized spacial score (nSPS) is 9.62. The molecule has 0 N–H and O–H groups in total. The number of guanidine groups is 1. The number of nitrogens with zero attached hydrogens (tertiary/aromatic N) is 3. The zero-order valence-corrected chi connectivity index (χ0v) is 16.3. The number of para-hydroxylation sites is 1. The minimum atomic E-state index is 0. The van der Waals surface area contributed by atoms with Crippen LogP contribution in [0.1, 0.15) is 17.5 Å². The van der Waals surface area contributed by atoms with Gasteiger partial charge in [-0.3, -0.25) is 4.99 Å². The Labute approximate surface area is 146 Å². The molecule has 0 heterocycles. The third-order valence-corrected chi connectivity index (χ3v) is 3.01. The lowest BCUT2D eigenvalue weighted by Gasteiger charge is -2.22. The molecule has 0 aliphatic heterocycles. The van der Waals surface area contributed by atoms with E-state index in [0.29, 0.717) is 6.61 Å². The van der Waals surface area contributed by atoms with Crippen LogP contribution in [0.15, 0.2) is 23.2 Å². The van der Waals surface area contributed by atoms with E-state index < -0.39 is 0 Å². The zero-order valence-electron chi connectivity index (χ0n) is 14.0. The molecule has 0 saturated heterocycles. The SMILES string of the molecule is Cc1cccc(C)c1OCCCN=C(N(C)C)N(C)C.I. The second kappa shape index (κ2) is 9.87. The van der Waals surface area contributed by atoms with Gasteiger partial charge in [0.1, 0.15) is 5.75 Å². The monoisotopic (exact) mass is 405 g/mol. The summed E-state index contributed by atoms with van der Waals surface area (Å²) in [6.45, 7) is 5.63. The molecule has 0 bridgehead atoms. The maximum Gasteiger partial charge on any atom is 0.195 e. The highest BCUT2D eigenvalue weighted by atomic mass is 127. The fraction of sp³-hybridized carbons (Fsp3) is 0.562. The molecule has 1 aromatic carbocycles. The molecule has 1 aromatic rings. The number of rotatable bonds is 5. The molecule has 0 aliphatic carbocycles. The van der Waals surface area contributed by atoms with Crippen LogP contribution in [-0.2, 0) is 0 Å². The number of aryl methyl sites for hydroxylation is 2. The summed E-state index contributed by atoms with van der Waals surface area (Å²) in [4.78, 5) is 8.63.